The molecule has 120 valence electrons. The highest BCUT2D eigenvalue weighted by molar-refractivity contribution is 6.30. The van der Waals surface area contributed by atoms with Crippen LogP contribution in [0.25, 0.3) is 0 Å². The average Bonchev–Trinajstić information content (AvgIpc) is 3.11. The van der Waals surface area contributed by atoms with E-state index in [-0.39, 0.29) is 30.3 Å². The van der Waals surface area contributed by atoms with Crippen LogP contribution in [0.3, 0.4) is 0 Å². The molecule has 0 bridgehead atoms. The van der Waals surface area contributed by atoms with Crippen LogP contribution in [0.2, 0.25) is 5.02 Å². The SMILES string of the molecule is Cl.O=C(NC1CCN(c2ccc(Cl)cc2)C1=O)C1CCCN1. The van der Waals surface area contributed by atoms with E-state index in [1.807, 2.05) is 12.1 Å². The number of hydrogen-bond donors (Lipinski definition) is 2. The molecule has 7 heteroatoms. The molecule has 2 fully saturated rings. The Hall–Kier alpha value is -1.30. The van der Waals surface area contributed by atoms with Crippen LogP contribution in [0.1, 0.15) is 19.3 Å². The Morgan fingerprint density at radius 2 is 2.00 bits per heavy atom. The van der Waals surface area contributed by atoms with Gasteiger partial charge < -0.3 is 15.5 Å². The van der Waals surface area contributed by atoms with Gasteiger partial charge in [0.15, 0.2) is 0 Å². The summed E-state index contributed by atoms with van der Waals surface area (Å²) in [4.78, 5) is 26.2. The molecular weight excluding hydrogens is 325 g/mol. The van der Waals surface area contributed by atoms with E-state index in [2.05, 4.69) is 10.6 Å². The summed E-state index contributed by atoms with van der Waals surface area (Å²) in [5, 5.41) is 6.65. The molecule has 0 radical (unpaired) electrons. The summed E-state index contributed by atoms with van der Waals surface area (Å²) in [6.07, 6.45) is 2.49. The van der Waals surface area contributed by atoms with Crippen molar-refractivity contribution >= 4 is 41.5 Å². The van der Waals surface area contributed by atoms with Crippen molar-refractivity contribution in [3.63, 3.8) is 0 Å². The molecule has 5 nitrogen and oxygen atoms in total. The summed E-state index contributed by atoms with van der Waals surface area (Å²) in [6, 6.07) is 6.60. The highest BCUT2D eigenvalue weighted by atomic mass is 35.5. The van der Waals surface area contributed by atoms with Crippen LogP contribution in [0.4, 0.5) is 5.69 Å². The lowest BCUT2D eigenvalue weighted by atomic mass is 10.2. The lowest BCUT2D eigenvalue weighted by Gasteiger charge is -2.18. The molecule has 1 aromatic rings. The summed E-state index contributed by atoms with van der Waals surface area (Å²) >= 11 is 5.86. The van der Waals surface area contributed by atoms with Gasteiger partial charge in [-0.1, -0.05) is 11.6 Å². The van der Waals surface area contributed by atoms with Crippen LogP contribution in [-0.4, -0.2) is 37.0 Å². The quantitative estimate of drug-likeness (QED) is 0.878. The van der Waals surface area contributed by atoms with Crippen LogP contribution >= 0.6 is 24.0 Å². The van der Waals surface area contributed by atoms with E-state index in [4.69, 9.17) is 11.6 Å². The second-order valence-electron chi connectivity index (χ2n) is 5.47. The zero-order chi connectivity index (χ0) is 14.8. The molecule has 2 amide bonds. The van der Waals surface area contributed by atoms with E-state index < -0.39 is 6.04 Å². The van der Waals surface area contributed by atoms with Gasteiger partial charge in [-0.05, 0) is 50.1 Å². The van der Waals surface area contributed by atoms with E-state index in [1.165, 1.54) is 0 Å². The highest BCUT2D eigenvalue weighted by Crippen LogP contribution is 2.23. The van der Waals surface area contributed by atoms with Gasteiger partial charge >= 0.3 is 0 Å². The molecule has 2 heterocycles. The smallest absolute Gasteiger partial charge is 0.249 e. The van der Waals surface area contributed by atoms with Crippen LogP contribution < -0.4 is 15.5 Å². The van der Waals surface area contributed by atoms with Crippen molar-refractivity contribution in [2.24, 2.45) is 0 Å². The van der Waals surface area contributed by atoms with Crippen molar-refractivity contribution in [3.8, 4) is 0 Å². The Kier molecular flexibility index (Phi) is 5.67. The summed E-state index contributed by atoms with van der Waals surface area (Å²) in [7, 11) is 0. The van der Waals surface area contributed by atoms with E-state index >= 15 is 0 Å². The van der Waals surface area contributed by atoms with Crippen molar-refractivity contribution < 1.29 is 9.59 Å². The fourth-order valence-electron chi connectivity index (χ4n) is 2.87. The molecule has 0 aliphatic carbocycles. The summed E-state index contributed by atoms with van der Waals surface area (Å²) < 4.78 is 0. The summed E-state index contributed by atoms with van der Waals surface area (Å²) in [6.45, 7) is 1.48. The molecular formula is C15H19Cl2N3O2. The molecule has 0 spiro atoms. The van der Waals surface area contributed by atoms with E-state index in [0.29, 0.717) is 18.0 Å². The molecule has 0 aromatic heterocycles. The standard InChI is InChI=1S/C15H18ClN3O2.ClH/c16-10-3-5-11(6-4-10)19-9-7-13(15(19)21)18-14(20)12-2-1-8-17-12;/h3-6,12-13,17H,1-2,7-9H2,(H,18,20);1H. The molecule has 1 aromatic carbocycles. The number of nitrogens with zero attached hydrogens (tertiary/aromatic N) is 1. The number of amides is 2. The van der Waals surface area contributed by atoms with Gasteiger partial charge in [-0.15, -0.1) is 12.4 Å². The monoisotopic (exact) mass is 343 g/mol. The minimum atomic E-state index is -0.421. The molecule has 0 saturated carbocycles. The van der Waals surface area contributed by atoms with E-state index in [0.717, 1.165) is 25.1 Å². The maximum absolute atomic E-state index is 12.4. The van der Waals surface area contributed by atoms with Gasteiger partial charge in [0.2, 0.25) is 11.8 Å². The Morgan fingerprint density at radius 3 is 2.64 bits per heavy atom. The molecule has 2 unspecified atom stereocenters. The molecule has 2 saturated heterocycles. The number of anilines is 1. The van der Waals surface area contributed by atoms with Crippen molar-refractivity contribution in [1.29, 1.82) is 0 Å². The van der Waals surface area contributed by atoms with Crippen LogP contribution in [0, 0.1) is 0 Å². The Morgan fingerprint density at radius 1 is 1.27 bits per heavy atom. The lowest BCUT2D eigenvalue weighted by Crippen LogP contribution is -2.48. The van der Waals surface area contributed by atoms with Gasteiger partial charge in [0, 0.05) is 17.3 Å². The minimum Gasteiger partial charge on any atom is -0.343 e. The second-order valence-corrected chi connectivity index (χ2v) is 5.90. The first kappa shape index (κ1) is 17.1. The first-order chi connectivity index (χ1) is 10.1. The predicted octanol–water partition coefficient (Wildman–Crippen LogP) is 1.74. The molecule has 2 aliphatic heterocycles. The zero-order valence-electron chi connectivity index (χ0n) is 12.0. The van der Waals surface area contributed by atoms with Gasteiger partial charge in [-0.3, -0.25) is 9.59 Å². The fourth-order valence-corrected chi connectivity index (χ4v) is 3.00. The number of hydrogen-bond acceptors (Lipinski definition) is 3. The van der Waals surface area contributed by atoms with E-state index in [9.17, 15) is 9.59 Å². The second kappa shape index (κ2) is 7.31. The Bertz CT molecular complexity index is 544. The molecule has 2 atom stereocenters. The van der Waals surface area contributed by atoms with Gasteiger partial charge in [0.1, 0.15) is 6.04 Å². The third-order valence-corrected chi connectivity index (χ3v) is 4.29. The third-order valence-electron chi connectivity index (χ3n) is 4.04. The van der Waals surface area contributed by atoms with E-state index in [1.54, 1.807) is 17.0 Å². The van der Waals surface area contributed by atoms with Crippen LogP contribution in [-0.2, 0) is 9.59 Å². The fraction of sp³-hybridized carbons (Fsp3) is 0.467. The number of carbonyl (C=O) groups is 2. The number of nitrogens with one attached hydrogen (secondary N) is 2. The topological polar surface area (TPSA) is 61.4 Å². The van der Waals surface area contributed by atoms with Crippen molar-refractivity contribution in [2.45, 2.75) is 31.3 Å². The molecule has 2 N–H and O–H groups in total. The number of carbonyl (C=O) groups excluding carboxylic acids is 2. The van der Waals surface area contributed by atoms with Crippen LogP contribution in [0.5, 0.6) is 0 Å². The first-order valence-electron chi connectivity index (χ1n) is 7.26. The minimum absolute atomic E-state index is 0. The average molecular weight is 344 g/mol. The molecule has 22 heavy (non-hydrogen) atoms. The highest BCUT2D eigenvalue weighted by Gasteiger charge is 2.35. The summed E-state index contributed by atoms with van der Waals surface area (Å²) in [5.41, 5.74) is 0.820. The van der Waals surface area contributed by atoms with Gasteiger partial charge in [-0.25, -0.2) is 0 Å². The normalized spacial score (nSPS) is 24.2. The largest absolute Gasteiger partial charge is 0.343 e. The van der Waals surface area contributed by atoms with Crippen molar-refractivity contribution in [2.75, 3.05) is 18.0 Å². The molecule has 2 aliphatic rings. The Balaban J connectivity index is 0.00000176. The summed E-state index contributed by atoms with van der Waals surface area (Å²) in [5.74, 6) is -0.118. The third kappa shape index (κ3) is 3.54. The number of rotatable bonds is 3. The van der Waals surface area contributed by atoms with Gasteiger partial charge in [0.25, 0.3) is 0 Å². The number of benzene rings is 1. The maximum atomic E-state index is 12.4. The van der Waals surface area contributed by atoms with Crippen LogP contribution in [0.15, 0.2) is 24.3 Å². The lowest BCUT2D eigenvalue weighted by molar-refractivity contribution is -0.127. The number of halogens is 2. The zero-order valence-corrected chi connectivity index (χ0v) is 13.6. The van der Waals surface area contributed by atoms with Crippen molar-refractivity contribution in [3.05, 3.63) is 29.3 Å². The van der Waals surface area contributed by atoms with Gasteiger partial charge in [-0.2, -0.15) is 0 Å². The predicted molar refractivity (Wildman–Crippen MR) is 88.6 cm³/mol. The molecule has 3 rings (SSSR count). The van der Waals surface area contributed by atoms with Crippen molar-refractivity contribution in [1.82, 2.24) is 10.6 Å². The first-order valence-corrected chi connectivity index (χ1v) is 7.63. The van der Waals surface area contributed by atoms with Gasteiger partial charge in [0.05, 0.1) is 6.04 Å². The maximum Gasteiger partial charge on any atom is 0.249 e. The Labute approximate surface area is 140 Å².